The van der Waals surface area contributed by atoms with Crippen molar-refractivity contribution >= 4 is 24.2 Å². The molecule has 0 heterocycles. The maximum absolute atomic E-state index is 11.2. The van der Waals surface area contributed by atoms with Crippen LogP contribution >= 0.6 is 12.6 Å². The minimum atomic E-state index is -0.0580. The average molecular weight is 209 g/mol. The lowest BCUT2D eigenvalue weighted by molar-refractivity contribution is -0.113. The van der Waals surface area contributed by atoms with Gasteiger partial charge in [-0.3, -0.25) is 4.79 Å². The second-order valence-corrected chi connectivity index (χ2v) is 3.49. The van der Waals surface area contributed by atoms with E-state index < -0.39 is 0 Å². The third kappa shape index (κ3) is 2.51. The number of benzene rings is 1. The molecule has 0 aliphatic heterocycles. The molecular formula is C11H15NOS. The standard InChI is InChI=1S/C11H15NOS/c1-3-9-6-4-5-8(2)11(9)12-10(13)7-14/h4-6,14H,3,7H2,1-2H3,(H,12,13). The van der Waals surface area contributed by atoms with Gasteiger partial charge in [0.15, 0.2) is 0 Å². The van der Waals surface area contributed by atoms with E-state index in [4.69, 9.17) is 0 Å². The number of nitrogens with one attached hydrogen (secondary N) is 1. The van der Waals surface area contributed by atoms with Crippen LogP contribution in [0.5, 0.6) is 0 Å². The van der Waals surface area contributed by atoms with E-state index in [0.29, 0.717) is 0 Å². The average Bonchev–Trinajstić information content (AvgIpc) is 2.20. The molecule has 14 heavy (non-hydrogen) atoms. The zero-order chi connectivity index (χ0) is 10.6. The Labute approximate surface area is 90.1 Å². The number of para-hydroxylation sites is 1. The van der Waals surface area contributed by atoms with Crippen LogP contribution in [0.1, 0.15) is 18.1 Å². The van der Waals surface area contributed by atoms with E-state index in [1.807, 2.05) is 25.1 Å². The Hall–Kier alpha value is -0.960. The fourth-order valence-electron chi connectivity index (χ4n) is 1.38. The van der Waals surface area contributed by atoms with Crippen LogP contribution in [-0.2, 0) is 11.2 Å². The third-order valence-electron chi connectivity index (χ3n) is 2.15. The van der Waals surface area contributed by atoms with Crippen molar-refractivity contribution in [3.05, 3.63) is 29.3 Å². The van der Waals surface area contributed by atoms with E-state index in [9.17, 15) is 4.79 Å². The monoisotopic (exact) mass is 209 g/mol. The van der Waals surface area contributed by atoms with E-state index in [-0.39, 0.29) is 11.7 Å². The number of rotatable bonds is 3. The topological polar surface area (TPSA) is 29.1 Å². The van der Waals surface area contributed by atoms with E-state index >= 15 is 0 Å². The molecule has 1 rings (SSSR count). The fraction of sp³-hybridized carbons (Fsp3) is 0.364. The molecule has 0 aliphatic carbocycles. The van der Waals surface area contributed by atoms with Crippen LogP contribution in [0.3, 0.4) is 0 Å². The van der Waals surface area contributed by atoms with Gasteiger partial charge >= 0.3 is 0 Å². The number of anilines is 1. The number of hydrogen-bond donors (Lipinski definition) is 2. The van der Waals surface area contributed by atoms with Crippen LogP contribution in [0.4, 0.5) is 5.69 Å². The lowest BCUT2D eigenvalue weighted by Gasteiger charge is -2.11. The van der Waals surface area contributed by atoms with Crippen molar-refractivity contribution in [1.82, 2.24) is 0 Å². The second kappa shape index (κ2) is 5.05. The van der Waals surface area contributed by atoms with Crippen LogP contribution in [-0.4, -0.2) is 11.7 Å². The molecule has 1 N–H and O–H groups in total. The van der Waals surface area contributed by atoms with Gasteiger partial charge in [0.1, 0.15) is 0 Å². The van der Waals surface area contributed by atoms with Gasteiger partial charge in [-0.25, -0.2) is 0 Å². The molecule has 0 atom stereocenters. The van der Waals surface area contributed by atoms with Crippen molar-refractivity contribution in [3.63, 3.8) is 0 Å². The number of carbonyl (C=O) groups is 1. The highest BCUT2D eigenvalue weighted by Gasteiger charge is 2.06. The first-order chi connectivity index (χ1) is 6.69. The van der Waals surface area contributed by atoms with Gasteiger partial charge < -0.3 is 5.32 Å². The molecule has 1 aromatic rings. The molecule has 0 unspecified atom stereocenters. The summed E-state index contributed by atoms with van der Waals surface area (Å²) in [6.07, 6.45) is 0.921. The highest BCUT2D eigenvalue weighted by atomic mass is 32.1. The van der Waals surface area contributed by atoms with Crippen LogP contribution in [0.2, 0.25) is 0 Å². The van der Waals surface area contributed by atoms with Gasteiger partial charge in [-0.15, -0.1) is 0 Å². The van der Waals surface area contributed by atoms with Crippen molar-refractivity contribution in [2.45, 2.75) is 20.3 Å². The summed E-state index contributed by atoms with van der Waals surface area (Å²) in [5, 5.41) is 2.86. The lowest BCUT2D eigenvalue weighted by atomic mass is 10.1. The van der Waals surface area contributed by atoms with Crippen molar-refractivity contribution in [3.8, 4) is 0 Å². The van der Waals surface area contributed by atoms with Crippen molar-refractivity contribution in [2.24, 2.45) is 0 Å². The maximum atomic E-state index is 11.2. The van der Waals surface area contributed by atoms with E-state index in [0.717, 1.165) is 17.7 Å². The van der Waals surface area contributed by atoms with Gasteiger partial charge in [0.2, 0.25) is 5.91 Å². The first kappa shape index (κ1) is 11.1. The van der Waals surface area contributed by atoms with Gasteiger partial charge in [0.25, 0.3) is 0 Å². The van der Waals surface area contributed by atoms with Gasteiger partial charge in [-0.2, -0.15) is 12.6 Å². The SMILES string of the molecule is CCc1cccc(C)c1NC(=O)CS. The lowest BCUT2D eigenvalue weighted by Crippen LogP contribution is -2.14. The molecule has 76 valence electrons. The molecule has 0 aromatic heterocycles. The van der Waals surface area contributed by atoms with E-state index in [1.165, 1.54) is 5.56 Å². The molecule has 0 saturated heterocycles. The van der Waals surface area contributed by atoms with E-state index in [2.05, 4.69) is 24.9 Å². The largest absolute Gasteiger partial charge is 0.325 e. The molecule has 2 nitrogen and oxygen atoms in total. The Morgan fingerprint density at radius 1 is 1.50 bits per heavy atom. The van der Waals surface area contributed by atoms with Gasteiger partial charge in [-0.1, -0.05) is 25.1 Å². The first-order valence-electron chi connectivity index (χ1n) is 4.68. The summed E-state index contributed by atoms with van der Waals surface area (Å²) in [5.41, 5.74) is 3.20. The maximum Gasteiger partial charge on any atom is 0.234 e. The highest BCUT2D eigenvalue weighted by Crippen LogP contribution is 2.20. The Morgan fingerprint density at radius 2 is 2.21 bits per heavy atom. The quantitative estimate of drug-likeness (QED) is 0.735. The minimum absolute atomic E-state index is 0.0580. The van der Waals surface area contributed by atoms with Gasteiger partial charge in [-0.05, 0) is 24.5 Å². The predicted octanol–water partition coefficient (Wildman–Crippen LogP) is 2.43. The molecule has 0 fully saturated rings. The molecule has 0 radical (unpaired) electrons. The Bertz CT molecular complexity index is 336. The summed E-state index contributed by atoms with van der Waals surface area (Å²) in [4.78, 5) is 11.2. The fourth-order valence-corrected chi connectivity index (χ4v) is 1.46. The van der Waals surface area contributed by atoms with Crippen LogP contribution in [0, 0.1) is 6.92 Å². The zero-order valence-electron chi connectivity index (χ0n) is 8.50. The molecule has 0 spiro atoms. The van der Waals surface area contributed by atoms with Crippen molar-refractivity contribution < 1.29 is 4.79 Å². The van der Waals surface area contributed by atoms with Crippen molar-refractivity contribution in [2.75, 3.05) is 11.1 Å². The summed E-state index contributed by atoms with van der Waals surface area (Å²) in [6, 6.07) is 6.03. The van der Waals surface area contributed by atoms with Crippen LogP contribution in [0.25, 0.3) is 0 Å². The summed E-state index contributed by atoms with van der Waals surface area (Å²) >= 11 is 3.93. The second-order valence-electron chi connectivity index (χ2n) is 3.17. The summed E-state index contributed by atoms with van der Waals surface area (Å²) < 4.78 is 0. The Balaban J connectivity index is 2.98. The minimum Gasteiger partial charge on any atom is -0.325 e. The van der Waals surface area contributed by atoms with E-state index in [1.54, 1.807) is 0 Å². The Kier molecular flexibility index (Phi) is 4.01. The Morgan fingerprint density at radius 3 is 2.79 bits per heavy atom. The molecule has 0 aliphatic rings. The normalized spacial score (nSPS) is 9.93. The number of thiol groups is 1. The molecule has 0 saturated carbocycles. The zero-order valence-corrected chi connectivity index (χ0v) is 9.40. The predicted molar refractivity (Wildman–Crippen MR) is 63.0 cm³/mol. The highest BCUT2D eigenvalue weighted by molar-refractivity contribution is 7.81. The van der Waals surface area contributed by atoms with Gasteiger partial charge in [0.05, 0.1) is 5.75 Å². The number of aryl methyl sites for hydroxylation is 2. The molecule has 0 bridgehead atoms. The molecular weight excluding hydrogens is 194 g/mol. The van der Waals surface area contributed by atoms with Crippen LogP contribution < -0.4 is 5.32 Å². The van der Waals surface area contributed by atoms with Crippen LogP contribution in [0.15, 0.2) is 18.2 Å². The number of hydrogen-bond acceptors (Lipinski definition) is 2. The van der Waals surface area contributed by atoms with Crippen molar-refractivity contribution in [1.29, 1.82) is 0 Å². The smallest absolute Gasteiger partial charge is 0.234 e. The summed E-state index contributed by atoms with van der Waals surface area (Å²) in [7, 11) is 0. The van der Waals surface area contributed by atoms with Gasteiger partial charge in [0, 0.05) is 5.69 Å². The summed E-state index contributed by atoms with van der Waals surface area (Å²) in [5.74, 6) is 0.162. The molecule has 3 heteroatoms. The first-order valence-corrected chi connectivity index (χ1v) is 5.31. The number of amides is 1. The number of carbonyl (C=O) groups excluding carboxylic acids is 1. The summed E-state index contributed by atoms with van der Waals surface area (Å²) in [6.45, 7) is 4.07. The third-order valence-corrected chi connectivity index (χ3v) is 2.44. The molecule has 1 aromatic carbocycles. The molecule has 1 amide bonds.